The minimum atomic E-state index is -4.55. The number of carboxylic acid groups (broad SMARTS) is 1. The van der Waals surface area contributed by atoms with Crippen LogP contribution in [0, 0.1) is 0 Å². The Labute approximate surface area is 180 Å². The van der Waals surface area contributed by atoms with Crippen molar-refractivity contribution in [3.63, 3.8) is 0 Å². The first-order valence-electron chi connectivity index (χ1n) is 10.8. The number of likely N-dealkylation sites (N-methyl/N-ethyl adjacent to an activating group) is 1. The number of rotatable bonds is 7. The van der Waals surface area contributed by atoms with E-state index in [1.165, 1.54) is 18.9 Å². The third-order valence-electron chi connectivity index (χ3n) is 6.40. The summed E-state index contributed by atoms with van der Waals surface area (Å²) >= 11 is 0. The number of nitrogens with one attached hydrogen (secondary N) is 1. The van der Waals surface area contributed by atoms with Gasteiger partial charge in [-0.15, -0.1) is 0 Å². The Hall–Kier alpha value is -2.29. The van der Waals surface area contributed by atoms with Crippen molar-refractivity contribution in [2.75, 3.05) is 32.0 Å². The molecule has 0 aromatic heterocycles. The van der Waals surface area contributed by atoms with Gasteiger partial charge in [0.1, 0.15) is 6.54 Å². The van der Waals surface area contributed by atoms with Gasteiger partial charge in [-0.2, -0.15) is 13.2 Å². The van der Waals surface area contributed by atoms with Gasteiger partial charge in [-0.1, -0.05) is 18.9 Å². The highest BCUT2D eigenvalue weighted by atomic mass is 19.4. The van der Waals surface area contributed by atoms with Gasteiger partial charge in [0.2, 0.25) is 5.91 Å². The number of likely N-dealkylation sites (tertiary alicyclic amines) is 1. The van der Waals surface area contributed by atoms with Gasteiger partial charge in [0, 0.05) is 24.8 Å². The SMILES string of the molecule is CN(C(=O)Cc1ccc(C(F)(F)F)cc1NCC(=O)O)C1CCCCC1N1CCCC1. The zero-order valence-corrected chi connectivity index (χ0v) is 17.7. The minimum absolute atomic E-state index is 0.0266. The fourth-order valence-corrected chi connectivity index (χ4v) is 4.76. The fraction of sp³-hybridized carbons (Fsp3) is 0.636. The summed E-state index contributed by atoms with van der Waals surface area (Å²) in [5, 5.41) is 11.4. The maximum absolute atomic E-state index is 13.1. The topological polar surface area (TPSA) is 72.9 Å². The van der Waals surface area contributed by atoms with Gasteiger partial charge in [0.15, 0.2) is 0 Å². The molecule has 1 aliphatic heterocycles. The minimum Gasteiger partial charge on any atom is -0.480 e. The maximum atomic E-state index is 13.1. The predicted octanol–water partition coefficient (Wildman–Crippen LogP) is 3.61. The second-order valence-electron chi connectivity index (χ2n) is 8.46. The molecule has 1 saturated heterocycles. The lowest BCUT2D eigenvalue weighted by Crippen LogP contribution is -2.53. The van der Waals surface area contributed by atoms with Crippen molar-refractivity contribution >= 4 is 17.6 Å². The molecule has 9 heteroatoms. The van der Waals surface area contributed by atoms with Gasteiger partial charge in [-0.05, 0) is 56.5 Å². The van der Waals surface area contributed by atoms with Crippen LogP contribution in [0.25, 0.3) is 0 Å². The van der Waals surface area contributed by atoms with E-state index >= 15 is 0 Å². The van der Waals surface area contributed by atoms with Crippen molar-refractivity contribution in [1.82, 2.24) is 9.80 Å². The Balaban J connectivity index is 1.76. The Morgan fingerprint density at radius 1 is 1.16 bits per heavy atom. The van der Waals surface area contributed by atoms with E-state index in [1.54, 1.807) is 11.9 Å². The van der Waals surface area contributed by atoms with E-state index in [-0.39, 0.29) is 24.1 Å². The summed E-state index contributed by atoms with van der Waals surface area (Å²) in [7, 11) is 1.77. The molecule has 1 aromatic carbocycles. The highest BCUT2D eigenvalue weighted by Gasteiger charge is 2.36. The van der Waals surface area contributed by atoms with Crippen LogP contribution in [0.2, 0.25) is 0 Å². The van der Waals surface area contributed by atoms with Gasteiger partial charge < -0.3 is 15.3 Å². The quantitative estimate of drug-likeness (QED) is 0.676. The highest BCUT2D eigenvalue weighted by molar-refractivity contribution is 5.81. The van der Waals surface area contributed by atoms with Gasteiger partial charge in [-0.25, -0.2) is 0 Å². The van der Waals surface area contributed by atoms with Crippen LogP contribution in [-0.4, -0.2) is 65.5 Å². The van der Waals surface area contributed by atoms with E-state index < -0.39 is 24.3 Å². The monoisotopic (exact) mass is 441 g/mol. The van der Waals surface area contributed by atoms with Crippen LogP contribution in [0.4, 0.5) is 18.9 Å². The molecule has 1 aliphatic carbocycles. The number of carbonyl (C=O) groups is 2. The van der Waals surface area contributed by atoms with Gasteiger partial charge in [0.25, 0.3) is 0 Å². The first-order chi connectivity index (χ1) is 14.7. The number of carbonyl (C=O) groups excluding carboxylic acids is 1. The number of nitrogens with zero attached hydrogens (tertiary/aromatic N) is 2. The van der Waals surface area contributed by atoms with E-state index in [0.29, 0.717) is 11.6 Å². The first-order valence-corrected chi connectivity index (χ1v) is 10.8. The van der Waals surface area contributed by atoms with Crippen LogP contribution < -0.4 is 5.32 Å². The number of carboxylic acids is 1. The van der Waals surface area contributed by atoms with E-state index in [0.717, 1.165) is 50.9 Å². The van der Waals surface area contributed by atoms with Crippen molar-refractivity contribution in [2.45, 2.75) is 63.2 Å². The molecule has 1 amide bonds. The molecule has 6 nitrogen and oxygen atoms in total. The number of hydrogen-bond donors (Lipinski definition) is 2. The van der Waals surface area contributed by atoms with Crippen molar-refractivity contribution in [3.05, 3.63) is 29.3 Å². The zero-order valence-electron chi connectivity index (χ0n) is 17.7. The molecule has 1 saturated carbocycles. The van der Waals surface area contributed by atoms with Gasteiger partial charge >= 0.3 is 12.1 Å². The zero-order chi connectivity index (χ0) is 22.6. The summed E-state index contributed by atoms with van der Waals surface area (Å²) in [6, 6.07) is 3.48. The molecule has 31 heavy (non-hydrogen) atoms. The van der Waals surface area contributed by atoms with E-state index in [2.05, 4.69) is 10.2 Å². The molecular formula is C22H30F3N3O3. The highest BCUT2D eigenvalue weighted by Crippen LogP contribution is 2.33. The van der Waals surface area contributed by atoms with Crippen molar-refractivity contribution < 1.29 is 27.9 Å². The molecular weight excluding hydrogens is 411 g/mol. The maximum Gasteiger partial charge on any atom is 0.416 e. The molecule has 0 radical (unpaired) electrons. The predicted molar refractivity (Wildman–Crippen MR) is 111 cm³/mol. The molecule has 2 unspecified atom stereocenters. The average Bonchev–Trinajstić information content (AvgIpc) is 3.26. The molecule has 2 atom stereocenters. The second kappa shape index (κ2) is 9.89. The van der Waals surface area contributed by atoms with Crippen LogP contribution in [0.5, 0.6) is 0 Å². The fourth-order valence-electron chi connectivity index (χ4n) is 4.76. The number of alkyl halides is 3. The Kier molecular flexibility index (Phi) is 7.46. The molecule has 172 valence electrons. The number of benzene rings is 1. The van der Waals surface area contributed by atoms with Crippen LogP contribution in [0.3, 0.4) is 0 Å². The van der Waals surface area contributed by atoms with Crippen LogP contribution >= 0.6 is 0 Å². The summed E-state index contributed by atoms with van der Waals surface area (Å²) in [5.74, 6) is -1.36. The molecule has 2 aliphatic rings. The number of amides is 1. The Morgan fingerprint density at radius 2 is 1.84 bits per heavy atom. The Morgan fingerprint density at radius 3 is 2.48 bits per heavy atom. The summed E-state index contributed by atoms with van der Waals surface area (Å²) in [5.41, 5.74) is -0.496. The van der Waals surface area contributed by atoms with Crippen LogP contribution in [0.1, 0.15) is 49.7 Å². The standard InChI is InChI=1S/C22H30F3N3O3/c1-27(18-6-2-3-7-19(18)28-10-4-5-11-28)20(29)12-15-8-9-16(22(23,24)25)13-17(15)26-14-21(30)31/h8-9,13,18-19,26H,2-7,10-12,14H2,1H3,(H,30,31). The molecule has 3 rings (SSSR count). The Bertz CT molecular complexity index is 794. The van der Waals surface area contributed by atoms with E-state index in [9.17, 15) is 22.8 Å². The van der Waals surface area contributed by atoms with Gasteiger partial charge in [-0.3, -0.25) is 14.5 Å². The molecule has 2 N–H and O–H groups in total. The lowest BCUT2D eigenvalue weighted by molar-refractivity contribution is -0.137. The second-order valence-corrected chi connectivity index (χ2v) is 8.46. The molecule has 0 bridgehead atoms. The number of aliphatic carboxylic acids is 1. The number of halogens is 3. The third kappa shape index (κ3) is 5.90. The largest absolute Gasteiger partial charge is 0.480 e. The summed E-state index contributed by atoms with van der Waals surface area (Å²) in [6.45, 7) is 1.56. The van der Waals surface area contributed by atoms with Crippen molar-refractivity contribution in [2.24, 2.45) is 0 Å². The molecule has 2 fully saturated rings. The van der Waals surface area contributed by atoms with Crippen molar-refractivity contribution in [1.29, 1.82) is 0 Å². The van der Waals surface area contributed by atoms with Gasteiger partial charge in [0.05, 0.1) is 12.0 Å². The van der Waals surface area contributed by atoms with E-state index in [4.69, 9.17) is 5.11 Å². The normalized spacial score (nSPS) is 22.3. The first kappa shape index (κ1) is 23.4. The lowest BCUT2D eigenvalue weighted by Gasteiger charge is -2.42. The average molecular weight is 441 g/mol. The van der Waals surface area contributed by atoms with Crippen LogP contribution in [0.15, 0.2) is 18.2 Å². The van der Waals surface area contributed by atoms with Crippen molar-refractivity contribution in [3.8, 4) is 0 Å². The molecule has 0 spiro atoms. The lowest BCUT2D eigenvalue weighted by atomic mass is 9.88. The smallest absolute Gasteiger partial charge is 0.416 e. The number of hydrogen-bond acceptors (Lipinski definition) is 4. The van der Waals surface area contributed by atoms with Crippen LogP contribution in [-0.2, 0) is 22.2 Å². The number of anilines is 1. The van der Waals surface area contributed by atoms with E-state index in [1.807, 2.05) is 0 Å². The summed E-state index contributed by atoms with van der Waals surface area (Å²) < 4.78 is 39.3. The molecule has 1 aromatic rings. The third-order valence-corrected chi connectivity index (χ3v) is 6.40. The summed E-state index contributed by atoms with van der Waals surface area (Å²) in [6.07, 6.45) is 1.87. The summed E-state index contributed by atoms with van der Waals surface area (Å²) in [4.78, 5) is 28.2. The molecule has 1 heterocycles.